The fourth-order valence-electron chi connectivity index (χ4n) is 2.04. The number of hydrogen-bond donors (Lipinski definition) is 0. The van der Waals surface area contributed by atoms with E-state index in [1.54, 1.807) is 12.4 Å². The number of benzene rings is 1. The molecule has 3 heterocycles. The van der Waals surface area contributed by atoms with Gasteiger partial charge in [0.25, 0.3) is 0 Å². The topological polar surface area (TPSA) is 56.0 Å². The van der Waals surface area contributed by atoms with Crippen molar-refractivity contribution < 1.29 is 8.78 Å². The van der Waals surface area contributed by atoms with Gasteiger partial charge in [0.15, 0.2) is 17.5 Å². The highest BCUT2D eigenvalue weighted by Gasteiger charge is 2.15. The van der Waals surface area contributed by atoms with Crippen LogP contribution in [0, 0.1) is 11.6 Å². The van der Waals surface area contributed by atoms with Crippen LogP contribution < -0.4 is 0 Å². The Hall–Kier alpha value is -2.74. The number of aromatic nitrogens is 5. The molecule has 108 valence electrons. The Kier molecular flexibility index (Phi) is 2.90. The van der Waals surface area contributed by atoms with E-state index in [2.05, 4.69) is 20.3 Å². The van der Waals surface area contributed by atoms with Gasteiger partial charge in [-0.05, 0) is 30.3 Å². The molecule has 0 amide bonds. The van der Waals surface area contributed by atoms with E-state index in [1.165, 1.54) is 21.9 Å². The summed E-state index contributed by atoms with van der Waals surface area (Å²) in [6.45, 7) is 0. The predicted molar refractivity (Wildman–Crippen MR) is 77.2 cm³/mol. The first-order chi connectivity index (χ1) is 10.7. The summed E-state index contributed by atoms with van der Waals surface area (Å²) in [5, 5.41) is 13.2. The van der Waals surface area contributed by atoms with Crippen LogP contribution >= 0.6 is 11.3 Å². The van der Waals surface area contributed by atoms with E-state index in [4.69, 9.17) is 0 Å². The van der Waals surface area contributed by atoms with Crippen LogP contribution in [0.3, 0.4) is 0 Å². The van der Waals surface area contributed by atoms with Crippen molar-refractivity contribution in [3.05, 3.63) is 54.4 Å². The minimum atomic E-state index is -0.932. The Balaban J connectivity index is 1.86. The Morgan fingerprint density at radius 1 is 0.909 bits per heavy atom. The number of nitrogens with zero attached hydrogens (tertiary/aromatic N) is 5. The molecule has 0 unspecified atom stereocenters. The summed E-state index contributed by atoms with van der Waals surface area (Å²) >= 11 is 1.36. The average Bonchev–Trinajstić information content (AvgIpc) is 3.11. The molecule has 0 radical (unpaired) electrons. The fourth-order valence-corrected chi connectivity index (χ4v) is 2.89. The zero-order valence-corrected chi connectivity index (χ0v) is 11.8. The highest BCUT2D eigenvalue weighted by Crippen LogP contribution is 2.28. The molecule has 0 N–H and O–H groups in total. The molecule has 0 fully saturated rings. The van der Waals surface area contributed by atoms with Gasteiger partial charge in [0.05, 0.1) is 0 Å². The van der Waals surface area contributed by atoms with Gasteiger partial charge in [0.2, 0.25) is 4.96 Å². The molecule has 0 bridgehead atoms. The summed E-state index contributed by atoms with van der Waals surface area (Å²) in [7, 11) is 0. The van der Waals surface area contributed by atoms with E-state index >= 15 is 0 Å². The Morgan fingerprint density at radius 3 is 2.50 bits per heavy atom. The molecule has 4 rings (SSSR count). The van der Waals surface area contributed by atoms with Crippen molar-refractivity contribution in [1.29, 1.82) is 0 Å². The third-order valence-electron chi connectivity index (χ3n) is 3.10. The largest absolute Gasteiger partial charge is 0.265 e. The molecule has 8 heteroatoms. The van der Waals surface area contributed by atoms with E-state index in [0.29, 0.717) is 16.3 Å². The van der Waals surface area contributed by atoms with Crippen LogP contribution in [0.25, 0.3) is 26.9 Å². The monoisotopic (exact) mass is 315 g/mol. The lowest BCUT2D eigenvalue weighted by molar-refractivity contribution is 0.509. The van der Waals surface area contributed by atoms with Gasteiger partial charge < -0.3 is 0 Å². The van der Waals surface area contributed by atoms with E-state index in [1.807, 2.05) is 12.1 Å². The van der Waals surface area contributed by atoms with E-state index in [0.717, 1.165) is 22.7 Å². The maximum absolute atomic E-state index is 13.4. The zero-order chi connectivity index (χ0) is 15.1. The van der Waals surface area contributed by atoms with Crippen LogP contribution in [0.4, 0.5) is 8.78 Å². The molecule has 3 aromatic heterocycles. The predicted octanol–water partition coefficient (Wildman–Crippen LogP) is 3.19. The van der Waals surface area contributed by atoms with Crippen LogP contribution in [0.2, 0.25) is 0 Å². The van der Waals surface area contributed by atoms with Crippen LogP contribution in [0.1, 0.15) is 0 Å². The molecular formula is C14H7F2N5S. The highest BCUT2D eigenvalue weighted by molar-refractivity contribution is 7.19. The Labute approximate surface area is 126 Å². The van der Waals surface area contributed by atoms with Gasteiger partial charge in [0.1, 0.15) is 5.01 Å². The maximum Gasteiger partial charge on any atom is 0.235 e. The maximum atomic E-state index is 13.4. The molecule has 0 aliphatic heterocycles. The standard InChI is InChI=1S/C14H7F2N5S/c15-10-2-1-9(7-11(10)16)12-18-19-14-21(12)20-13(22-14)8-3-5-17-6-4-8/h1-7H. The fraction of sp³-hybridized carbons (Fsp3) is 0. The van der Waals surface area contributed by atoms with Crippen molar-refractivity contribution >= 4 is 16.3 Å². The summed E-state index contributed by atoms with van der Waals surface area (Å²) in [4.78, 5) is 4.54. The minimum absolute atomic E-state index is 0.366. The van der Waals surface area contributed by atoms with Crippen molar-refractivity contribution in [2.24, 2.45) is 0 Å². The van der Waals surface area contributed by atoms with Crippen LogP contribution in [0.5, 0.6) is 0 Å². The first-order valence-corrected chi connectivity index (χ1v) is 7.12. The third-order valence-corrected chi connectivity index (χ3v) is 4.04. The van der Waals surface area contributed by atoms with Crippen molar-refractivity contribution in [2.75, 3.05) is 0 Å². The minimum Gasteiger partial charge on any atom is -0.265 e. The molecule has 0 atom stereocenters. The molecule has 0 aliphatic carbocycles. The molecule has 0 saturated carbocycles. The summed E-state index contributed by atoms with van der Waals surface area (Å²) in [5.41, 5.74) is 1.32. The second-order valence-electron chi connectivity index (χ2n) is 4.49. The zero-order valence-electron chi connectivity index (χ0n) is 10.9. The van der Waals surface area contributed by atoms with Gasteiger partial charge in [-0.1, -0.05) is 11.3 Å². The van der Waals surface area contributed by atoms with E-state index < -0.39 is 11.6 Å². The molecule has 0 saturated heterocycles. The third kappa shape index (κ3) is 2.04. The lowest BCUT2D eigenvalue weighted by Crippen LogP contribution is -1.93. The van der Waals surface area contributed by atoms with Crippen LogP contribution in [-0.2, 0) is 0 Å². The molecule has 5 nitrogen and oxygen atoms in total. The van der Waals surface area contributed by atoms with Gasteiger partial charge in [-0.3, -0.25) is 4.98 Å². The van der Waals surface area contributed by atoms with Gasteiger partial charge in [0, 0.05) is 23.5 Å². The van der Waals surface area contributed by atoms with Crippen molar-refractivity contribution in [1.82, 2.24) is 24.8 Å². The second kappa shape index (κ2) is 4.92. The lowest BCUT2D eigenvalue weighted by atomic mass is 10.2. The SMILES string of the molecule is Fc1ccc(-c2nnc3sc(-c4ccncc4)nn23)cc1F. The number of pyridine rings is 1. The van der Waals surface area contributed by atoms with E-state index in [9.17, 15) is 8.78 Å². The Bertz CT molecular complexity index is 964. The number of fused-ring (bicyclic) bond motifs is 1. The highest BCUT2D eigenvalue weighted by atomic mass is 32.1. The molecular weight excluding hydrogens is 308 g/mol. The smallest absolute Gasteiger partial charge is 0.235 e. The summed E-state index contributed by atoms with van der Waals surface area (Å²) in [6.07, 6.45) is 3.35. The second-order valence-corrected chi connectivity index (χ2v) is 5.45. The van der Waals surface area contributed by atoms with Crippen molar-refractivity contribution in [3.8, 4) is 22.0 Å². The van der Waals surface area contributed by atoms with E-state index in [-0.39, 0.29) is 0 Å². The molecule has 0 spiro atoms. The Morgan fingerprint density at radius 2 is 1.73 bits per heavy atom. The first kappa shape index (κ1) is 13.0. The number of hydrogen-bond acceptors (Lipinski definition) is 5. The van der Waals surface area contributed by atoms with Gasteiger partial charge >= 0.3 is 0 Å². The van der Waals surface area contributed by atoms with Crippen LogP contribution in [-0.4, -0.2) is 24.8 Å². The molecule has 0 aliphatic rings. The van der Waals surface area contributed by atoms with Gasteiger partial charge in [-0.2, -0.15) is 9.61 Å². The van der Waals surface area contributed by atoms with Crippen LogP contribution in [0.15, 0.2) is 42.7 Å². The van der Waals surface area contributed by atoms with Crippen molar-refractivity contribution in [3.63, 3.8) is 0 Å². The number of rotatable bonds is 2. The quantitative estimate of drug-likeness (QED) is 0.570. The summed E-state index contributed by atoms with van der Waals surface area (Å²) in [5.74, 6) is -1.47. The summed E-state index contributed by atoms with van der Waals surface area (Å²) in [6, 6.07) is 7.26. The molecule has 1 aromatic carbocycles. The molecule has 22 heavy (non-hydrogen) atoms. The molecule has 4 aromatic rings. The van der Waals surface area contributed by atoms with Gasteiger partial charge in [-0.25, -0.2) is 8.78 Å². The van der Waals surface area contributed by atoms with Crippen molar-refractivity contribution in [2.45, 2.75) is 0 Å². The van der Waals surface area contributed by atoms with Gasteiger partial charge in [-0.15, -0.1) is 10.2 Å². The average molecular weight is 315 g/mol. The number of halogens is 2. The lowest BCUT2D eigenvalue weighted by Gasteiger charge is -1.98. The first-order valence-electron chi connectivity index (χ1n) is 6.30. The normalized spacial score (nSPS) is 11.2. The summed E-state index contributed by atoms with van der Waals surface area (Å²) < 4.78 is 27.9.